The Morgan fingerprint density at radius 3 is 2.78 bits per heavy atom. The van der Waals surface area contributed by atoms with Crippen LogP contribution in [0.3, 0.4) is 0 Å². The molecule has 3 aromatic rings. The van der Waals surface area contributed by atoms with Crippen LogP contribution in [-0.2, 0) is 7.05 Å². The average molecular weight is 243 g/mol. The third kappa shape index (κ3) is 1.40. The lowest BCUT2D eigenvalue weighted by molar-refractivity contribution is 0.393. The van der Waals surface area contributed by atoms with Gasteiger partial charge in [0.05, 0.1) is 16.7 Å². The zero-order chi connectivity index (χ0) is 12.9. The summed E-state index contributed by atoms with van der Waals surface area (Å²) in [6.45, 7) is 3.79. The van der Waals surface area contributed by atoms with E-state index in [0.29, 0.717) is 0 Å². The Kier molecular flexibility index (Phi) is 2.16. The van der Waals surface area contributed by atoms with Crippen molar-refractivity contribution in [1.82, 2.24) is 14.7 Å². The number of H-pyrrole nitrogens is 1. The maximum Gasteiger partial charge on any atom is 0.326 e. The van der Waals surface area contributed by atoms with Crippen molar-refractivity contribution in [1.29, 1.82) is 0 Å². The molecule has 5 heteroatoms. The van der Waals surface area contributed by atoms with Crippen molar-refractivity contribution in [2.45, 2.75) is 13.8 Å². The van der Waals surface area contributed by atoms with E-state index < -0.39 is 0 Å². The quantitative estimate of drug-likeness (QED) is 0.712. The highest BCUT2D eigenvalue weighted by Crippen LogP contribution is 2.28. The van der Waals surface area contributed by atoms with E-state index in [1.54, 1.807) is 11.6 Å². The number of hydrogen-bond acceptors (Lipinski definition) is 3. The fraction of sp³-hybridized carbons (Fsp3) is 0.231. The van der Waals surface area contributed by atoms with Gasteiger partial charge in [-0.2, -0.15) is 0 Å². The fourth-order valence-electron chi connectivity index (χ4n) is 2.27. The second-order valence-corrected chi connectivity index (χ2v) is 4.42. The molecule has 2 heterocycles. The van der Waals surface area contributed by atoms with E-state index in [0.717, 1.165) is 33.6 Å². The largest absolute Gasteiger partial charge is 0.361 e. The molecule has 0 aliphatic rings. The lowest BCUT2D eigenvalue weighted by atomic mass is 10.0. The minimum absolute atomic E-state index is 0.110. The van der Waals surface area contributed by atoms with Crippen LogP contribution in [0, 0.1) is 13.8 Å². The van der Waals surface area contributed by atoms with Crippen LogP contribution in [0.15, 0.2) is 27.5 Å². The number of aryl methyl sites for hydroxylation is 3. The van der Waals surface area contributed by atoms with Crippen LogP contribution in [0.4, 0.5) is 0 Å². The second-order valence-electron chi connectivity index (χ2n) is 4.42. The van der Waals surface area contributed by atoms with Crippen molar-refractivity contribution in [2.24, 2.45) is 7.05 Å². The van der Waals surface area contributed by atoms with Gasteiger partial charge in [-0.3, -0.25) is 4.57 Å². The summed E-state index contributed by atoms with van der Waals surface area (Å²) in [5.41, 5.74) is 4.45. The van der Waals surface area contributed by atoms with E-state index in [4.69, 9.17) is 4.52 Å². The van der Waals surface area contributed by atoms with Gasteiger partial charge in [0.15, 0.2) is 0 Å². The molecule has 0 bridgehead atoms. The standard InChI is InChI=1S/C13H13N3O2/c1-7-12(8(2)18-15-7)9-4-5-10-11(6-9)16(3)13(17)14-10/h4-6H,1-3H3,(H,14,17). The van der Waals surface area contributed by atoms with Gasteiger partial charge in [-0.1, -0.05) is 11.2 Å². The van der Waals surface area contributed by atoms with Crippen molar-refractivity contribution in [3.63, 3.8) is 0 Å². The summed E-state index contributed by atoms with van der Waals surface area (Å²) in [6, 6.07) is 5.84. The Morgan fingerprint density at radius 1 is 1.33 bits per heavy atom. The maximum atomic E-state index is 11.5. The summed E-state index contributed by atoms with van der Waals surface area (Å²) in [5.74, 6) is 0.785. The highest BCUT2D eigenvalue weighted by atomic mass is 16.5. The first kappa shape index (κ1) is 10.8. The molecule has 0 aliphatic carbocycles. The minimum Gasteiger partial charge on any atom is -0.361 e. The van der Waals surface area contributed by atoms with Crippen molar-refractivity contribution in [2.75, 3.05) is 0 Å². The maximum absolute atomic E-state index is 11.5. The zero-order valence-electron chi connectivity index (χ0n) is 10.4. The molecule has 0 unspecified atom stereocenters. The molecule has 5 nitrogen and oxygen atoms in total. The van der Waals surface area contributed by atoms with Gasteiger partial charge in [-0.25, -0.2) is 4.79 Å². The van der Waals surface area contributed by atoms with Crippen LogP contribution in [0.5, 0.6) is 0 Å². The summed E-state index contributed by atoms with van der Waals surface area (Å²) >= 11 is 0. The topological polar surface area (TPSA) is 63.8 Å². The Hall–Kier alpha value is -2.30. The van der Waals surface area contributed by atoms with Crippen LogP contribution >= 0.6 is 0 Å². The molecule has 3 rings (SSSR count). The molecule has 0 aliphatic heterocycles. The van der Waals surface area contributed by atoms with Crippen molar-refractivity contribution in [3.8, 4) is 11.1 Å². The summed E-state index contributed by atoms with van der Waals surface area (Å²) in [7, 11) is 1.75. The molecule has 1 aromatic carbocycles. The Balaban J connectivity index is 2.31. The van der Waals surface area contributed by atoms with Crippen LogP contribution in [-0.4, -0.2) is 14.7 Å². The molecule has 0 amide bonds. The predicted octanol–water partition coefficient (Wildman–Crippen LogP) is 2.14. The third-order valence-electron chi connectivity index (χ3n) is 3.23. The third-order valence-corrected chi connectivity index (χ3v) is 3.23. The number of aromatic nitrogens is 3. The summed E-state index contributed by atoms with van der Waals surface area (Å²) in [4.78, 5) is 14.3. The van der Waals surface area contributed by atoms with E-state index in [1.165, 1.54) is 0 Å². The normalized spacial score (nSPS) is 11.3. The van der Waals surface area contributed by atoms with Gasteiger partial charge in [0, 0.05) is 12.6 Å². The summed E-state index contributed by atoms with van der Waals surface area (Å²) < 4.78 is 6.77. The van der Waals surface area contributed by atoms with E-state index >= 15 is 0 Å². The van der Waals surface area contributed by atoms with Gasteiger partial charge >= 0.3 is 5.69 Å². The molecule has 0 saturated heterocycles. The van der Waals surface area contributed by atoms with E-state index in [-0.39, 0.29) is 5.69 Å². The van der Waals surface area contributed by atoms with Crippen molar-refractivity contribution < 1.29 is 4.52 Å². The predicted molar refractivity (Wildman–Crippen MR) is 68.5 cm³/mol. The molecular weight excluding hydrogens is 230 g/mol. The molecular formula is C13H13N3O2. The highest BCUT2D eigenvalue weighted by Gasteiger charge is 2.13. The Labute approximate surface area is 103 Å². The minimum atomic E-state index is -0.110. The second kappa shape index (κ2) is 3.60. The van der Waals surface area contributed by atoms with Gasteiger partial charge < -0.3 is 9.51 Å². The monoisotopic (exact) mass is 243 g/mol. The lowest BCUT2D eigenvalue weighted by Gasteiger charge is -2.01. The van der Waals surface area contributed by atoms with Crippen LogP contribution in [0.2, 0.25) is 0 Å². The van der Waals surface area contributed by atoms with Crippen molar-refractivity contribution in [3.05, 3.63) is 40.1 Å². The molecule has 0 spiro atoms. The van der Waals surface area contributed by atoms with Gasteiger partial charge in [0.2, 0.25) is 0 Å². The molecule has 92 valence electrons. The number of fused-ring (bicyclic) bond motifs is 1. The highest BCUT2D eigenvalue weighted by molar-refractivity contribution is 5.83. The van der Waals surface area contributed by atoms with Gasteiger partial charge in [0.1, 0.15) is 5.76 Å². The Morgan fingerprint density at radius 2 is 2.11 bits per heavy atom. The fourth-order valence-corrected chi connectivity index (χ4v) is 2.27. The zero-order valence-corrected chi connectivity index (χ0v) is 10.4. The molecule has 0 fully saturated rings. The summed E-state index contributed by atoms with van der Waals surface area (Å²) in [5, 5.41) is 3.95. The number of aromatic amines is 1. The van der Waals surface area contributed by atoms with Crippen LogP contribution in [0.25, 0.3) is 22.2 Å². The SMILES string of the molecule is Cc1noc(C)c1-c1ccc2[nH]c(=O)n(C)c2c1. The molecule has 2 aromatic heterocycles. The first-order valence-corrected chi connectivity index (χ1v) is 5.70. The number of nitrogens with one attached hydrogen (secondary N) is 1. The van der Waals surface area contributed by atoms with Crippen molar-refractivity contribution >= 4 is 11.0 Å². The van der Waals surface area contributed by atoms with Crippen LogP contribution < -0.4 is 5.69 Å². The average Bonchev–Trinajstić information content (AvgIpc) is 2.82. The molecule has 0 saturated carbocycles. The first-order valence-electron chi connectivity index (χ1n) is 5.70. The molecule has 0 radical (unpaired) electrons. The van der Waals surface area contributed by atoms with E-state index in [1.807, 2.05) is 32.0 Å². The lowest BCUT2D eigenvalue weighted by Crippen LogP contribution is -2.11. The number of benzene rings is 1. The summed E-state index contributed by atoms with van der Waals surface area (Å²) in [6.07, 6.45) is 0. The van der Waals surface area contributed by atoms with Gasteiger partial charge in [0.25, 0.3) is 0 Å². The van der Waals surface area contributed by atoms with Gasteiger partial charge in [-0.15, -0.1) is 0 Å². The number of nitrogens with zero attached hydrogens (tertiary/aromatic N) is 2. The molecule has 0 atom stereocenters. The first-order chi connectivity index (χ1) is 8.58. The smallest absolute Gasteiger partial charge is 0.326 e. The number of hydrogen-bond donors (Lipinski definition) is 1. The number of rotatable bonds is 1. The number of imidazole rings is 1. The molecule has 18 heavy (non-hydrogen) atoms. The molecule has 1 N–H and O–H groups in total. The Bertz CT molecular complexity index is 773. The van der Waals surface area contributed by atoms with Gasteiger partial charge in [-0.05, 0) is 31.5 Å². The van der Waals surface area contributed by atoms with Crippen LogP contribution in [0.1, 0.15) is 11.5 Å². The van der Waals surface area contributed by atoms with E-state index in [2.05, 4.69) is 10.1 Å². The van der Waals surface area contributed by atoms with E-state index in [9.17, 15) is 4.79 Å².